The van der Waals surface area contributed by atoms with E-state index < -0.39 is 22.5 Å². The minimum atomic E-state index is -1.14. The van der Waals surface area contributed by atoms with Gasteiger partial charge in [0.15, 0.2) is 0 Å². The second-order valence-corrected chi connectivity index (χ2v) is 7.77. The smallest absolute Gasteiger partial charge is 0.245 e. The summed E-state index contributed by atoms with van der Waals surface area (Å²) >= 11 is 2.83. The van der Waals surface area contributed by atoms with Crippen LogP contribution < -0.4 is 11.4 Å². The minimum absolute atomic E-state index is 0.393. The van der Waals surface area contributed by atoms with Crippen LogP contribution in [0.2, 0.25) is 0 Å². The summed E-state index contributed by atoms with van der Waals surface area (Å²) in [5, 5.41) is 5.87. The van der Waals surface area contributed by atoms with Crippen molar-refractivity contribution in [3.8, 4) is 5.69 Å². The molecule has 3 aliphatic heterocycles. The Balaban J connectivity index is 2.14. The van der Waals surface area contributed by atoms with Crippen LogP contribution in [0.5, 0.6) is 0 Å². The average molecular weight is 390 g/mol. The monoisotopic (exact) mass is 390 g/mol. The molecule has 0 spiro atoms. The van der Waals surface area contributed by atoms with Gasteiger partial charge in [0.1, 0.15) is 11.1 Å². The Bertz CT molecular complexity index is 1050. The molecule has 10 heteroatoms. The van der Waals surface area contributed by atoms with Crippen LogP contribution in [0.3, 0.4) is 0 Å². The van der Waals surface area contributed by atoms with E-state index in [1.165, 1.54) is 37.5 Å². The van der Waals surface area contributed by atoms with E-state index in [-0.39, 0.29) is 0 Å². The first-order chi connectivity index (χ1) is 12.5. The molecule has 136 valence electrons. The van der Waals surface area contributed by atoms with E-state index in [0.29, 0.717) is 5.69 Å². The fourth-order valence-electron chi connectivity index (χ4n) is 3.45. The van der Waals surface area contributed by atoms with Crippen LogP contribution in [-0.4, -0.2) is 49.3 Å². The van der Waals surface area contributed by atoms with Crippen molar-refractivity contribution in [1.29, 1.82) is 0 Å². The van der Waals surface area contributed by atoms with Gasteiger partial charge in [0, 0.05) is 7.05 Å². The number of thioether (sulfide) groups is 2. The van der Waals surface area contributed by atoms with Crippen LogP contribution in [0, 0.1) is 0 Å². The number of fused-ring (bicyclic) bond motifs is 1. The highest BCUT2D eigenvalue weighted by Crippen LogP contribution is 2.41. The molecule has 0 N–H and O–H groups in total. The lowest BCUT2D eigenvalue weighted by Gasteiger charge is -2.37. The van der Waals surface area contributed by atoms with Gasteiger partial charge in [-0.1, -0.05) is 30.0 Å². The lowest BCUT2D eigenvalue weighted by atomic mass is 10.2. The Labute approximate surface area is 158 Å². The second-order valence-electron chi connectivity index (χ2n) is 5.99. The molecular weight excluding hydrogens is 372 g/mol. The molecule has 8 nitrogen and oxygen atoms in total. The lowest BCUT2D eigenvalue weighted by Crippen LogP contribution is -2.52. The molecule has 0 fully saturated rings. The Morgan fingerprint density at radius 3 is 2.42 bits per heavy atom. The van der Waals surface area contributed by atoms with Crippen LogP contribution in [0.4, 0.5) is 0 Å². The Kier molecular flexibility index (Phi) is 3.92. The van der Waals surface area contributed by atoms with Crippen LogP contribution in [0.15, 0.2) is 50.0 Å². The lowest BCUT2D eigenvalue weighted by molar-refractivity contribution is 0.119. The van der Waals surface area contributed by atoms with E-state index >= 15 is 0 Å². The number of aromatic nitrogens is 3. The standard InChI is InChI=1S/C16H18N6O2S2/c1-10-12-13(25-3)17-16(26-4,19(2)18-10)22-15(24)20(14(23)21(12)22)11-8-6-5-7-9-11/h5-9,12H,1-4H3. The van der Waals surface area contributed by atoms with Gasteiger partial charge in [0.25, 0.3) is 5.12 Å². The molecule has 2 atom stereocenters. The number of aliphatic imine (C=N–C) groups is 1. The van der Waals surface area contributed by atoms with Crippen LogP contribution in [0.25, 0.3) is 5.69 Å². The highest BCUT2D eigenvalue weighted by atomic mass is 32.2. The number of benzene rings is 1. The van der Waals surface area contributed by atoms with Crippen molar-refractivity contribution >= 4 is 34.3 Å². The molecule has 4 heterocycles. The molecular formula is C16H18N6O2S2. The summed E-state index contributed by atoms with van der Waals surface area (Å²) in [6, 6.07) is 8.46. The fourth-order valence-corrected chi connectivity index (χ4v) is 5.05. The van der Waals surface area contributed by atoms with Crippen LogP contribution in [0.1, 0.15) is 13.0 Å². The summed E-state index contributed by atoms with van der Waals surface area (Å²) in [5.41, 5.74) is 0.432. The normalized spacial score (nSPS) is 24.2. The molecule has 2 bridgehead atoms. The van der Waals surface area contributed by atoms with Crippen molar-refractivity contribution in [2.24, 2.45) is 10.1 Å². The van der Waals surface area contributed by atoms with Gasteiger partial charge >= 0.3 is 11.4 Å². The van der Waals surface area contributed by atoms with E-state index in [2.05, 4.69) is 5.10 Å². The average Bonchev–Trinajstić information content (AvgIpc) is 2.80. The number of para-hydroxylation sites is 1. The number of hydrazone groups is 1. The first-order valence-corrected chi connectivity index (χ1v) is 10.4. The molecule has 0 amide bonds. The number of nitrogens with zero attached hydrogens (tertiary/aromatic N) is 6. The maximum Gasteiger partial charge on any atom is 0.356 e. The van der Waals surface area contributed by atoms with E-state index in [4.69, 9.17) is 4.99 Å². The molecule has 3 aliphatic rings. The third-order valence-electron chi connectivity index (χ3n) is 4.61. The zero-order valence-corrected chi connectivity index (χ0v) is 16.4. The first kappa shape index (κ1) is 17.2. The number of hydrogen-bond donors (Lipinski definition) is 0. The van der Waals surface area contributed by atoms with Crippen molar-refractivity contribution in [3.63, 3.8) is 0 Å². The summed E-state index contributed by atoms with van der Waals surface area (Å²) in [5.74, 6) is 0. The van der Waals surface area contributed by atoms with Crippen molar-refractivity contribution in [3.05, 3.63) is 51.3 Å². The van der Waals surface area contributed by atoms with E-state index in [0.717, 1.165) is 10.8 Å². The second kappa shape index (κ2) is 5.92. The highest BCUT2D eigenvalue weighted by Gasteiger charge is 2.50. The highest BCUT2D eigenvalue weighted by molar-refractivity contribution is 8.13. The van der Waals surface area contributed by atoms with Gasteiger partial charge in [-0.25, -0.2) is 28.8 Å². The molecule has 2 aromatic rings. The molecule has 0 aliphatic carbocycles. The minimum Gasteiger partial charge on any atom is -0.245 e. The molecule has 0 saturated carbocycles. The maximum atomic E-state index is 13.3. The van der Waals surface area contributed by atoms with Gasteiger partial charge in [0.2, 0.25) is 0 Å². The SMILES string of the molecule is CSC1=NC2(SC)N(C)N=C(C)C1n1c(=O)n(-c3ccccc3)c(=O)n12. The summed E-state index contributed by atoms with van der Waals surface area (Å²) in [7, 11) is 1.77. The van der Waals surface area contributed by atoms with Crippen molar-refractivity contribution in [2.75, 3.05) is 19.6 Å². The number of hydrogen-bond acceptors (Lipinski definition) is 7. The third-order valence-corrected chi connectivity index (χ3v) is 6.42. The van der Waals surface area contributed by atoms with Gasteiger partial charge in [-0.2, -0.15) is 9.78 Å². The molecule has 1 aromatic heterocycles. The summed E-state index contributed by atoms with van der Waals surface area (Å²) in [6.45, 7) is 1.86. The first-order valence-electron chi connectivity index (χ1n) is 7.96. The third kappa shape index (κ3) is 2.05. The van der Waals surface area contributed by atoms with Gasteiger partial charge in [0.05, 0.1) is 11.4 Å². The Morgan fingerprint density at radius 1 is 1.12 bits per heavy atom. The molecule has 0 saturated heterocycles. The quantitative estimate of drug-likeness (QED) is 0.774. The van der Waals surface area contributed by atoms with Crippen molar-refractivity contribution in [2.45, 2.75) is 18.1 Å². The van der Waals surface area contributed by atoms with Crippen LogP contribution in [-0.2, 0) is 5.12 Å². The Morgan fingerprint density at radius 2 is 1.81 bits per heavy atom. The molecule has 2 unspecified atom stereocenters. The van der Waals surface area contributed by atoms with Gasteiger partial charge in [-0.3, -0.25) is 0 Å². The fraction of sp³-hybridized carbons (Fsp3) is 0.375. The summed E-state index contributed by atoms with van der Waals surface area (Å²) < 4.78 is 4.12. The topological polar surface area (TPSA) is 76.9 Å². The molecule has 26 heavy (non-hydrogen) atoms. The Hall–Kier alpha value is -2.20. The maximum absolute atomic E-state index is 13.3. The van der Waals surface area contributed by atoms with Crippen LogP contribution >= 0.6 is 23.5 Å². The van der Waals surface area contributed by atoms with Gasteiger partial charge in [-0.15, -0.1) is 11.8 Å². The van der Waals surface area contributed by atoms with Gasteiger partial charge in [-0.05, 0) is 31.6 Å². The van der Waals surface area contributed by atoms with Crippen molar-refractivity contribution < 1.29 is 0 Å². The molecule has 0 radical (unpaired) electrons. The summed E-state index contributed by atoms with van der Waals surface area (Å²) in [4.78, 5) is 31.5. The zero-order valence-electron chi connectivity index (χ0n) is 14.8. The molecule has 5 rings (SSSR count). The largest absolute Gasteiger partial charge is 0.356 e. The zero-order chi connectivity index (χ0) is 18.6. The predicted molar refractivity (Wildman–Crippen MR) is 107 cm³/mol. The summed E-state index contributed by atoms with van der Waals surface area (Å²) in [6.07, 6.45) is 3.78. The van der Waals surface area contributed by atoms with E-state index in [1.807, 2.05) is 25.5 Å². The van der Waals surface area contributed by atoms with E-state index in [9.17, 15) is 9.59 Å². The van der Waals surface area contributed by atoms with Gasteiger partial charge < -0.3 is 0 Å². The predicted octanol–water partition coefficient (Wildman–Crippen LogP) is 1.37. The number of rotatable bonds is 2. The molecule has 1 aromatic carbocycles. The van der Waals surface area contributed by atoms with E-state index in [1.54, 1.807) is 36.3 Å². The van der Waals surface area contributed by atoms with Crippen molar-refractivity contribution in [1.82, 2.24) is 18.9 Å².